The quantitative estimate of drug-likeness (QED) is 0.431. The molecule has 0 saturated heterocycles. The first kappa shape index (κ1) is 25.8. The van der Waals surface area contributed by atoms with Crippen LogP contribution in [0.1, 0.15) is 26.1 Å². The lowest BCUT2D eigenvalue weighted by atomic mass is 10.2. The van der Waals surface area contributed by atoms with Crippen molar-refractivity contribution in [1.82, 2.24) is 18.8 Å². The molecule has 0 unspecified atom stereocenters. The fourth-order valence-corrected chi connectivity index (χ4v) is 4.23. The Kier molecular flexibility index (Phi) is 9.17. The monoisotopic (exact) mass is 468 g/mol. The van der Waals surface area contributed by atoms with Crippen molar-refractivity contribution in [2.75, 3.05) is 47.5 Å². The standard InChI is InChI=1S/C21H32N4O6S/c1-6-25-18-9-8-16(32(28,29)23(3)4)14-17(18)22-19(25)10-11-20(26)24(12-13-30-5)15-21(27)31-7-2/h8-9,14H,6-7,10-13,15H2,1-5H3. The molecule has 32 heavy (non-hydrogen) atoms. The normalized spacial score (nSPS) is 11.8. The van der Waals surface area contributed by atoms with Crippen LogP contribution < -0.4 is 0 Å². The van der Waals surface area contributed by atoms with Crippen LogP contribution >= 0.6 is 0 Å². The summed E-state index contributed by atoms with van der Waals surface area (Å²) in [6.45, 7) is 5.00. The number of carbonyl (C=O) groups is 2. The maximum atomic E-state index is 12.8. The van der Waals surface area contributed by atoms with E-state index in [0.717, 1.165) is 9.82 Å². The first-order chi connectivity index (χ1) is 15.1. The summed E-state index contributed by atoms with van der Waals surface area (Å²) in [5.74, 6) is 0.00569. The molecular formula is C21H32N4O6S. The average Bonchev–Trinajstić information content (AvgIpc) is 3.11. The van der Waals surface area contributed by atoms with Crippen LogP contribution in [-0.4, -0.2) is 86.6 Å². The van der Waals surface area contributed by atoms with E-state index in [4.69, 9.17) is 9.47 Å². The van der Waals surface area contributed by atoms with Crippen LogP contribution in [-0.2, 0) is 42.1 Å². The maximum absolute atomic E-state index is 12.8. The second-order valence-corrected chi connectivity index (χ2v) is 9.48. The zero-order valence-electron chi connectivity index (χ0n) is 19.3. The van der Waals surface area contributed by atoms with E-state index in [1.165, 1.54) is 26.1 Å². The zero-order valence-corrected chi connectivity index (χ0v) is 20.1. The van der Waals surface area contributed by atoms with E-state index < -0.39 is 16.0 Å². The third-order valence-electron chi connectivity index (χ3n) is 5.00. The molecule has 2 aromatic rings. The summed E-state index contributed by atoms with van der Waals surface area (Å²) in [6, 6.07) is 4.85. The number of benzene rings is 1. The minimum Gasteiger partial charge on any atom is -0.465 e. The van der Waals surface area contributed by atoms with E-state index in [1.807, 2.05) is 11.5 Å². The topological polar surface area (TPSA) is 111 Å². The zero-order chi connectivity index (χ0) is 23.9. The van der Waals surface area contributed by atoms with E-state index in [2.05, 4.69) is 4.98 Å². The van der Waals surface area contributed by atoms with Crippen molar-refractivity contribution in [3.8, 4) is 0 Å². The van der Waals surface area contributed by atoms with Gasteiger partial charge >= 0.3 is 5.97 Å². The molecule has 0 fully saturated rings. The number of imidazole rings is 1. The van der Waals surface area contributed by atoms with Gasteiger partial charge in [-0.05, 0) is 32.0 Å². The third kappa shape index (κ3) is 6.05. The second-order valence-electron chi connectivity index (χ2n) is 7.32. The molecule has 0 atom stereocenters. The van der Waals surface area contributed by atoms with Crippen molar-refractivity contribution in [2.45, 2.75) is 38.1 Å². The summed E-state index contributed by atoms with van der Waals surface area (Å²) in [6.07, 6.45) is 0.499. The van der Waals surface area contributed by atoms with Gasteiger partial charge in [0.25, 0.3) is 0 Å². The summed E-state index contributed by atoms with van der Waals surface area (Å²) < 4.78 is 38.0. The first-order valence-electron chi connectivity index (χ1n) is 10.5. The van der Waals surface area contributed by atoms with Gasteiger partial charge in [-0.2, -0.15) is 0 Å². The van der Waals surface area contributed by atoms with Crippen molar-refractivity contribution in [1.29, 1.82) is 0 Å². The minimum absolute atomic E-state index is 0.133. The molecule has 0 aliphatic carbocycles. The highest BCUT2D eigenvalue weighted by Crippen LogP contribution is 2.23. The molecule has 0 spiro atoms. The van der Waals surface area contributed by atoms with Crippen LogP contribution in [0.3, 0.4) is 0 Å². The van der Waals surface area contributed by atoms with Crippen molar-refractivity contribution < 1.29 is 27.5 Å². The Balaban J connectivity index is 2.23. The van der Waals surface area contributed by atoms with Crippen LogP contribution in [0.2, 0.25) is 0 Å². The number of rotatable bonds is 12. The van der Waals surface area contributed by atoms with E-state index >= 15 is 0 Å². The molecule has 0 aliphatic rings. The predicted octanol–water partition coefficient (Wildman–Crippen LogP) is 1.28. The van der Waals surface area contributed by atoms with Crippen molar-refractivity contribution >= 4 is 32.9 Å². The average molecular weight is 469 g/mol. The number of nitrogens with zero attached hydrogens (tertiary/aromatic N) is 4. The van der Waals surface area contributed by atoms with Gasteiger partial charge in [-0.25, -0.2) is 17.7 Å². The Morgan fingerprint density at radius 2 is 1.91 bits per heavy atom. The number of fused-ring (bicyclic) bond motifs is 1. The summed E-state index contributed by atoms with van der Waals surface area (Å²) in [5, 5.41) is 0. The highest BCUT2D eigenvalue weighted by Gasteiger charge is 2.21. The SMILES string of the molecule is CCOC(=O)CN(CCOC)C(=O)CCc1nc2cc(S(=O)(=O)N(C)C)ccc2n1CC. The van der Waals surface area contributed by atoms with Gasteiger partial charge < -0.3 is 18.9 Å². The molecule has 1 aromatic carbocycles. The smallest absolute Gasteiger partial charge is 0.325 e. The molecule has 0 saturated carbocycles. The van der Waals surface area contributed by atoms with Gasteiger partial charge in [-0.15, -0.1) is 0 Å². The Morgan fingerprint density at radius 1 is 1.19 bits per heavy atom. The molecule has 178 valence electrons. The number of carbonyl (C=O) groups excluding carboxylic acids is 2. The van der Waals surface area contributed by atoms with Crippen LogP contribution in [0.15, 0.2) is 23.1 Å². The van der Waals surface area contributed by atoms with Crippen molar-refractivity contribution in [3.63, 3.8) is 0 Å². The molecule has 1 aromatic heterocycles. The summed E-state index contributed by atoms with van der Waals surface area (Å²) >= 11 is 0. The molecule has 0 aliphatic heterocycles. The predicted molar refractivity (Wildman–Crippen MR) is 120 cm³/mol. The van der Waals surface area contributed by atoms with E-state index in [9.17, 15) is 18.0 Å². The van der Waals surface area contributed by atoms with E-state index in [-0.39, 0.29) is 36.9 Å². The molecule has 0 N–H and O–H groups in total. The summed E-state index contributed by atoms with van der Waals surface area (Å²) in [5.41, 5.74) is 1.36. The van der Waals surface area contributed by atoms with Crippen molar-refractivity contribution in [2.24, 2.45) is 0 Å². The number of aryl methyl sites for hydroxylation is 2. The minimum atomic E-state index is -3.57. The van der Waals surface area contributed by atoms with Crippen LogP contribution in [0.5, 0.6) is 0 Å². The Morgan fingerprint density at radius 3 is 2.50 bits per heavy atom. The number of hydrogen-bond acceptors (Lipinski definition) is 7. The van der Waals surface area contributed by atoms with Crippen LogP contribution in [0, 0.1) is 0 Å². The number of ether oxygens (including phenoxy) is 2. The molecule has 0 radical (unpaired) electrons. The molecule has 10 nitrogen and oxygen atoms in total. The van der Waals surface area contributed by atoms with Gasteiger partial charge in [0.1, 0.15) is 12.4 Å². The molecule has 0 bridgehead atoms. The number of methoxy groups -OCH3 is 1. The maximum Gasteiger partial charge on any atom is 0.325 e. The van der Waals surface area contributed by atoms with E-state index in [1.54, 1.807) is 25.1 Å². The number of esters is 1. The molecular weight excluding hydrogens is 436 g/mol. The van der Waals surface area contributed by atoms with Crippen LogP contribution in [0.25, 0.3) is 11.0 Å². The fourth-order valence-electron chi connectivity index (χ4n) is 3.31. The fraction of sp³-hybridized carbons (Fsp3) is 0.571. The van der Waals surface area contributed by atoms with Crippen LogP contribution in [0.4, 0.5) is 0 Å². The summed E-state index contributed by atoms with van der Waals surface area (Å²) in [4.78, 5) is 30.8. The Bertz CT molecular complexity index is 1050. The first-order valence-corrected chi connectivity index (χ1v) is 11.9. The molecule has 1 heterocycles. The highest BCUT2D eigenvalue weighted by atomic mass is 32.2. The lowest BCUT2D eigenvalue weighted by Gasteiger charge is -2.21. The van der Waals surface area contributed by atoms with Gasteiger partial charge in [0.05, 0.1) is 29.1 Å². The Labute approximate surface area is 189 Å². The Hall–Kier alpha value is -2.50. The second kappa shape index (κ2) is 11.4. The number of hydrogen-bond donors (Lipinski definition) is 0. The van der Waals surface area contributed by atoms with Gasteiger partial charge in [0.15, 0.2) is 0 Å². The molecule has 2 rings (SSSR count). The van der Waals surface area contributed by atoms with Gasteiger partial charge in [-0.3, -0.25) is 9.59 Å². The third-order valence-corrected chi connectivity index (χ3v) is 6.81. The highest BCUT2D eigenvalue weighted by molar-refractivity contribution is 7.89. The van der Waals surface area contributed by atoms with E-state index in [0.29, 0.717) is 30.9 Å². The lowest BCUT2D eigenvalue weighted by molar-refractivity contribution is -0.149. The molecule has 11 heteroatoms. The number of sulfonamides is 1. The van der Waals surface area contributed by atoms with Gasteiger partial charge in [0, 0.05) is 47.1 Å². The largest absolute Gasteiger partial charge is 0.465 e. The van der Waals surface area contributed by atoms with Gasteiger partial charge in [-0.1, -0.05) is 0 Å². The van der Waals surface area contributed by atoms with Gasteiger partial charge in [0.2, 0.25) is 15.9 Å². The molecule has 1 amide bonds. The van der Waals surface area contributed by atoms with Crippen molar-refractivity contribution in [3.05, 3.63) is 24.0 Å². The summed E-state index contributed by atoms with van der Waals surface area (Å²) in [7, 11) is 0.914. The lowest BCUT2D eigenvalue weighted by Crippen LogP contribution is -2.38. The number of aromatic nitrogens is 2. The number of amides is 1.